The number of hydrogen-bond acceptors (Lipinski definition) is 3. The summed E-state index contributed by atoms with van der Waals surface area (Å²) in [6.45, 7) is 5.40. The highest BCUT2D eigenvalue weighted by Gasteiger charge is 2.08. The number of benzene rings is 2. The first kappa shape index (κ1) is 18.1. The van der Waals surface area contributed by atoms with Gasteiger partial charge in [0.1, 0.15) is 0 Å². The molecule has 0 fully saturated rings. The topological polar surface area (TPSA) is 58.2 Å². The van der Waals surface area contributed by atoms with Gasteiger partial charge in [-0.05, 0) is 37.1 Å². The second-order valence-corrected chi connectivity index (χ2v) is 6.67. The van der Waals surface area contributed by atoms with E-state index in [0.29, 0.717) is 11.4 Å². The predicted octanol–water partition coefficient (Wildman–Crippen LogP) is 4.13. The minimum Gasteiger partial charge on any atom is -0.326 e. The van der Waals surface area contributed by atoms with E-state index in [1.807, 2.05) is 31.2 Å². The third-order valence-electron chi connectivity index (χ3n) is 3.50. The molecule has 2 N–H and O–H groups in total. The molecule has 2 rings (SSSR count). The van der Waals surface area contributed by atoms with Gasteiger partial charge < -0.3 is 10.6 Å². The maximum atomic E-state index is 12.1. The molecule has 0 saturated heterocycles. The fourth-order valence-electron chi connectivity index (χ4n) is 2.35. The molecule has 0 aliphatic rings. The Balaban J connectivity index is 1.89. The van der Waals surface area contributed by atoms with Gasteiger partial charge >= 0.3 is 0 Å². The third-order valence-corrected chi connectivity index (χ3v) is 4.51. The van der Waals surface area contributed by atoms with Crippen LogP contribution in [0.2, 0.25) is 0 Å². The number of carbonyl (C=O) groups excluding carboxylic acids is 2. The fourth-order valence-corrected chi connectivity index (χ4v) is 3.12. The number of anilines is 2. The minimum atomic E-state index is -0.129. The SMILES string of the molecule is CC(=O)Nc1cccc(NC(=O)CSCc2cccc(C)c2)c1C. The monoisotopic (exact) mass is 342 g/mol. The molecule has 0 atom stereocenters. The molecule has 126 valence electrons. The van der Waals surface area contributed by atoms with Crippen LogP contribution in [0.5, 0.6) is 0 Å². The summed E-state index contributed by atoms with van der Waals surface area (Å²) in [6.07, 6.45) is 0. The lowest BCUT2D eigenvalue weighted by atomic mass is 10.1. The Bertz CT molecular complexity index is 744. The van der Waals surface area contributed by atoms with Crippen LogP contribution in [0.25, 0.3) is 0 Å². The molecule has 2 aromatic carbocycles. The third kappa shape index (κ3) is 5.42. The summed E-state index contributed by atoms with van der Waals surface area (Å²) in [7, 11) is 0. The van der Waals surface area contributed by atoms with Crippen molar-refractivity contribution in [2.24, 2.45) is 0 Å². The van der Waals surface area contributed by atoms with E-state index in [9.17, 15) is 9.59 Å². The van der Waals surface area contributed by atoms with Gasteiger partial charge in [-0.3, -0.25) is 9.59 Å². The number of hydrogen-bond donors (Lipinski definition) is 2. The van der Waals surface area contributed by atoms with Gasteiger partial charge in [-0.1, -0.05) is 35.9 Å². The number of carbonyl (C=O) groups is 2. The van der Waals surface area contributed by atoms with E-state index in [1.54, 1.807) is 11.8 Å². The summed E-state index contributed by atoms with van der Waals surface area (Å²) < 4.78 is 0. The van der Waals surface area contributed by atoms with Crippen molar-refractivity contribution in [3.63, 3.8) is 0 Å². The summed E-state index contributed by atoms with van der Waals surface area (Å²) in [4.78, 5) is 23.3. The van der Waals surface area contributed by atoms with Crippen LogP contribution >= 0.6 is 11.8 Å². The normalized spacial score (nSPS) is 10.3. The van der Waals surface area contributed by atoms with Crippen molar-refractivity contribution in [1.82, 2.24) is 0 Å². The second kappa shape index (κ2) is 8.55. The Kier molecular flexibility index (Phi) is 6.44. The van der Waals surface area contributed by atoms with Gasteiger partial charge in [0, 0.05) is 24.1 Å². The lowest BCUT2D eigenvalue weighted by Gasteiger charge is -2.12. The van der Waals surface area contributed by atoms with Crippen LogP contribution in [-0.4, -0.2) is 17.6 Å². The van der Waals surface area contributed by atoms with Crippen LogP contribution in [0.4, 0.5) is 11.4 Å². The van der Waals surface area contributed by atoms with Gasteiger partial charge in [0.15, 0.2) is 0 Å². The molecule has 2 aromatic rings. The predicted molar refractivity (Wildman–Crippen MR) is 101 cm³/mol. The van der Waals surface area contributed by atoms with Crippen molar-refractivity contribution in [3.8, 4) is 0 Å². The highest BCUT2D eigenvalue weighted by molar-refractivity contribution is 7.99. The van der Waals surface area contributed by atoms with E-state index in [-0.39, 0.29) is 11.8 Å². The maximum Gasteiger partial charge on any atom is 0.234 e. The minimum absolute atomic E-state index is 0.0456. The van der Waals surface area contributed by atoms with E-state index in [0.717, 1.165) is 17.0 Å². The van der Waals surface area contributed by atoms with Gasteiger partial charge in [0.2, 0.25) is 11.8 Å². The first-order chi connectivity index (χ1) is 11.5. The van der Waals surface area contributed by atoms with Gasteiger partial charge in [-0.2, -0.15) is 0 Å². The zero-order valence-electron chi connectivity index (χ0n) is 14.2. The number of nitrogens with one attached hydrogen (secondary N) is 2. The number of rotatable bonds is 6. The molecule has 24 heavy (non-hydrogen) atoms. The Morgan fingerprint density at radius 1 is 1.00 bits per heavy atom. The molecule has 2 amide bonds. The Morgan fingerprint density at radius 3 is 2.33 bits per heavy atom. The van der Waals surface area contributed by atoms with Crippen LogP contribution in [0.1, 0.15) is 23.6 Å². The summed E-state index contributed by atoms with van der Waals surface area (Å²) in [5.74, 6) is 1.02. The average Bonchev–Trinajstić information content (AvgIpc) is 2.51. The van der Waals surface area contributed by atoms with Crippen molar-refractivity contribution in [1.29, 1.82) is 0 Å². The lowest BCUT2D eigenvalue weighted by molar-refractivity contribution is -0.114. The van der Waals surface area contributed by atoms with Crippen LogP contribution in [0.15, 0.2) is 42.5 Å². The highest BCUT2D eigenvalue weighted by Crippen LogP contribution is 2.23. The molecule has 5 heteroatoms. The van der Waals surface area contributed by atoms with Crippen LogP contribution in [0, 0.1) is 13.8 Å². The molecule has 0 bridgehead atoms. The van der Waals surface area contributed by atoms with E-state index < -0.39 is 0 Å². The highest BCUT2D eigenvalue weighted by atomic mass is 32.2. The maximum absolute atomic E-state index is 12.1. The van der Waals surface area contributed by atoms with E-state index in [4.69, 9.17) is 0 Å². The average molecular weight is 342 g/mol. The molecule has 4 nitrogen and oxygen atoms in total. The molecule has 0 aliphatic heterocycles. The van der Waals surface area contributed by atoms with Crippen molar-refractivity contribution in [2.75, 3.05) is 16.4 Å². The molecule has 0 heterocycles. The quantitative estimate of drug-likeness (QED) is 0.830. The largest absolute Gasteiger partial charge is 0.326 e. The Hall–Kier alpha value is -2.27. The number of aryl methyl sites for hydroxylation is 1. The van der Waals surface area contributed by atoms with Crippen LogP contribution < -0.4 is 10.6 Å². The molecule has 0 radical (unpaired) electrons. The first-order valence-electron chi connectivity index (χ1n) is 7.76. The second-order valence-electron chi connectivity index (χ2n) is 5.69. The summed E-state index contributed by atoms with van der Waals surface area (Å²) in [6, 6.07) is 13.8. The van der Waals surface area contributed by atoms with Gasteiger partial charge in [0.25, 0.3) is 0 Å². The zero-order chi connectivity index (χ0) is 17.5. The number of thioether (sulfide) groups is 1. The Morgan fingerprint density at radius 2 is 1.67 bits per heavy atom. The number of amides is 2. The van der Waals surface area contributed by atoms with Crippen molar-refractivity contribution < 1.29 is 9.59 Å². The summed E-state index contributed by atoms with van der Waals surface area (Å²) in [5, 5.41) is 5.67. The Labute approximate surface area is 147 Å². The van der Waals surface area contributed by atoms with E-state index >= 15 is 0 Å². The molecule has 0 spiro atoms. The molecule has 0 saturated carbocycles. The smallest absolute Gasteiger partial charge is 0.234 e. The van der Waals surface area contributed by atoms with Crippen molar-refractivity contribution in [2.45, 2.75) is 26.5 Å². The molecular formula is C19H22N2O2S. The summed E-state index contributed by atoms with van der Waals surface area (Å²) in [5.41, 5.74) is 4.74. The van der Waals surface area contributed by atoms with Gasteiger partial charge in [-0.25, -0.2) is 0 Å². The standard InChI is InChI=1S/C19H22N2O2S/c1-13-6-4-7-16(10-13)11-24-12-19(23)21-18-9-5-8-17(14(18)2)20-15(3)22/h4-10H,11-12H2,1-3H3,(H,20,22)(H,21,23). The van der Waals surface area contributed by atoms with Crippen LogP contribution in [0.3, 0.4) is 0 Å². The molecule has 0 aromatic heterocycles. The van der Waals surface area contributed by atoms with E-state index in [1.165, 1.54) is 18.1 Å². The van der Waals surface area contributed by atoms with Crippen molar-refractivity contribution in [3.05, 3.63) is 59.2 Å². The fraction of sp³-hybridized carbons (Fsp3) is 0.263. The first-order valence-corrected chi connectivity index (χ1v) is 8.91. The summed E-state index contributed by atoms with van der Waals surface area (Å²) >= 11 is 1.58. The lowest BCUT2D eigenvalue weighted by Crippen LogP contribution is -2.16. The molecule has 0 unspecified atom stereocenters. The van der Waals surface area contributed by atoms with Crippen molar-refractivity contribution >= 4 is 35.0 Å². The zero-order valence-corrected chi connectivity index (χ0v) is 15.0. The van der Waals surface area contributed by atoms with Gasteiger partial charge in [0.05, 0.1) is 5.75 Å². The molecule has 0 aliphatic carbocycles. The molecular weight excluding hydrogens is 320 g/mol. The van der Waals surface area contributed by atoms with Crippen LogP contribution in [-0.2, 0) is 15.3 Å². The van der Waals surface area contributed by atoms with E-state index in [2.05, 4.69) is 35.8 Å². The van der Waals surface area contributed by atoms with Gasteiger partial charge in [-0.15, -0.1) is 11.8 Å².